The number of allylic oxidation sites excluding steroid dienone is 2. The molecule has 11 nitrogen and oxygen atoms in total. The van der Waals surface area contributed by atoms with Gasteiger partial charge in [-0.1, -0.05) is 42.5 Å². The van der Waals surface area contributed by atoms with E-state index in [0.29, 0.717) is 44.9 Å². The first-order chi connectivity index (χ1) is 19.2. The Morgan fingerprint density at radius 3 is 2.55 bits per heavy atom. The molecule has 0 spiro atoms. The van der Waals surface area contributed by atoms with Crippen LogP contribution in [0.1, 0.15) is 70.3 Å². The van der Waals surface area contributed by atoms with Gasteiger partial charge >= 0.3 is 5.97 Å². The van der Waals surface area contributed by atoms with Gasteiger partial charge < -0.3 is 30.2 Å². The van der Waals surface area contributed by atoms with E-state index >= 15 is 0 Å². The van der Waals surface area contributed by atoms with Crippen LogP contribution < -0.4 is 5.32 Å². The number of aryl methyl sites for hydroxylation is 1. The largest absolute Gasteiger partial charge is 0.464 e. The fourth-order valence-corrected chi connectivity index (χ4v) is 5.03. The Kier molecular flexibility index (Phi) is 15.2. The molecule has 1 saturated carbocycles. The molecule has 1 aromatic rings. The van der Waals surface area contributed by atoms with Gasteiger partial charge in [-0.3, -0.25) is 4.79 Å². The Labute approximate surface area is 235 Å². The Hall–Kier alpha value is -3.02. The molecule has 0 radical (unpaired) electrons. The van der Waals surface area contributed by atoms with Crippen LogP contribution in [0.25, 0.3) is 0 Å². The number of esters is 1. The van der Waals surface area contributed by atoms with Crippen LogP contribution in [-0.2, 0) is 25.6 Å². The molecule has 1 unspecified atom stereocenters. The summed E-state index contributed by atoms with van der Waals surface area (Å²) in [5, 5.41) is 43.1. The molecule has 11 heteroatoms. The van der Waals surface area contributed by atoms with Crippen molar-refractivity contribution < 1.29 is 39.6 Å². The summed E-state index contributed by atoms with van der Waals surface area (Å²) in [6, 6.07) is 9.19. The van der Waals surface area contributed by atoms with Crippen LogP contribution in [0.15, 0.2) is 42.5 Å². The van der Waals surface area contributed by atoms with Gasteiger partial charge in [0.2, 0.25) is 5.91 Å². The lowest BCUT2D eigenvalue weighted by molar-refractivity contribution is -0.757. The average Bonchev–Trinajstić information content (AvgIpc) is 3.19. The molecular formula is C29H44N2O9. The van der Waals surface area contributed by atoms with Crippen LogP contribution in [-0.4, -0.2) is 69.9 Å². The second-order valence-corrected chi connectivity index (χ2v) is 10.4. The highest BCUT2D eigenvalue weighted by molar-refractivity contribution is 5.84. The van der Waals surface area contributed by atoms with E-state index in [9.17, 15) is 35.0 Å². The Morgan fingerprint density at radius 1 is 1.10 bits per heavy atom. The van der Waals surface area contributed by atoms with Gasteiger partial charge in [-0.05, 0) is 75.7 Å². The molecule has 0 aromatic heterocycles. The summed E-state index contributed by atoms with van der Waals surface area (Å²) in [7, 11) is 0. The predicted molar refractivity (Wildman–Crippen MR) is 147 cm³/mol. The standard InChI is InChI=1S/C29H44N2O9/c1-21(29(36)39-18-9-19-40-31(37)38)30-28(35)13-8-3-2-7-12-24-25(27(34)20-26(24)33)17-16-23(32)15-14-22-10-5-4-6-11-22/h2,4-7,10-11,21,23-27,32-34H,3,8-9,12-20H2,1H3,(H,30,35)/t21?,23-,24+,25+,26-,27+/m0/s1. The minimum Gasteiger partial charge on any atom is -0.464 e. The molecule has 40 heavy (non-hydrogen) atoms. The number of carbonyl (C=O) groups is 2. The maximum absolute atomic E-state index is 12.1. The van der Waals surface area contributed by atoms with Crippen LogP contribution >= 0.6 is 0 Å². The number of carbonyl (C=O) groups excluding carboxylic acids is 2. The normalized spacial score (nSPS) is 22.1. The van der Waals surface area contributed by atoms with Gasteiger partial charge in [0, 0.05) is 12.8 Å². The number of benzene rings is 1. The van der Waals surface area contributed by atoms with Crippen molar-refractivity contribution in [2.45, 2.75) is 95.5 Å². The topological polar surface area (TPSA) is 168 Å². The van der Waals surface area contributed by atoms with Crippen LogP contribution in [0.3, 0.4) is 0 Å². The van der Waals surface area contributed by atoms with Gasteiger partial charge in [0.15, 0.2) is 0 Å². The van der Waals surface area contributed by atoms with Crippen molar-refractivity contribution in [2.24, 2.45) is 11.8 Å². The lowest BCUT2D eigenvalue weighted by Gasteiger charge is -2.23. The second kappa shape index (κ2) is 18.4. The smallest absolute Gasteiger partial charge is 0.328 e. The van der Waals surface area contributed by atoms with Crippen molar-refractivity contribution in [3.8, 4) is 0 Å². The zero-order valence-corrected chi connectivity index (χ0v) is 23.2. The average molecular weight is 565 g/mol. The molecule has 0 heterocycles. The van der Waals surface area contributed by atoms with Gasteiger partial charge in [-0.2, -0.15) is 0 Å². The number of unbranched alkanes of at least 4 members (excludes halogenated alkanes) is 1. The number of rotatable bonds is 19. The molecule has 0 bridgehead atoms. The van der Waals surface area contributed by atoms with E-state index in [-0.39, 0.29) is 43.8 Å². The number of aliphatic hydroxyl groups excluding tert-OH is 3. The minimum atomic E-state index is -0.915. The van der Waals surface area contributed by atoms with E-state index in [0.717, 1.165) is 6.42 Å². The highest BCUT2D eigenvalue weighted by atomic mass is 16.9. The molecule has 0 saturated heterocycles. The van der Waals surface area contributed by atoms with Crippen LogP contribution in [0.5, 0.6) is 0 Å². The van der Waals surface area contributed by atoms with Gasteiger partial charge in [-0.15, -0.1) is 10.1 Å². The fourth-order valence-electron chi connectivity index (χ4n) is 5.03. The fraction of sp³-hybridized carbons (Fsp3) is 0.655. The summed E-state index contributed by atoms with van der Waals surface area (Å²) in [4.78, 5) is 38.2. The predicted octanol–water partition coefficient (Wildman–Crippen LogP) is 2.88. The first-order valence-electron chi connectivity index (χ1n) is 14.1. The molecule has 1 amide bonds. The lowest BCUT2D eigenvalue weighted by Crippen LogP contribution is -2.39. The number of hydrogen-bond acceptors (Lipinski definition) is 9. The Morgan fingerprint density at radius 2 is 1.82 bits per heavy atom. The molecule has 224 valence electrons. The van der Waals surface area contributed by atoms with Crippen LogP contribution in [0, 0.1) is 22.0 Å². The number of ether oxygens (including phenoxy) is 1. The summed E-state index contributed by atoms with van der Waals surface area (Å²) in [6.45, 7) is 1.29. The maximum Gasteiger partial charge on any atom is 0.328 e. The quantitative estimate of drug-likeness (QED) is 0.0649. The van der Waals surface area contributed by atoms with E-state index < -0.39 is 35.4 Å². The Bertz CT molecular complexity index is 927. The summed E-state index contributed by atoms with van der Waals surface area (Å²) in [5.41, 5.74) is 1.19. The number of hydrogen-bond donors (Lipinski definition) is 4. The van der Waals surface area contributed by atoms with Crippen LogP contribution in [0.4, 0.5) is 0 Å². The number of nitrogens with zero attached hydrogens (tertiary/aromatic N) is 1. The highest BCUT2D eigenvalue weighted by Gasteiger charge is 2.40. The van der Waals surface area contributed by atoms with Crippen molar-refractivity contribution in [1.82, 2.24) is 5.32 Å². The molecule has 2 rings (SSSR count). The first-order valence-corrected chi connectivity index (χ1v) is 14.1. The lowest BCUT2D eigenvalue weighted by atomic mass is 9.85. The van der Waals surface area contributed by atoms with Gasteiger partial charge in [-0.25, -0.2) is 4.79 Å². The molecular weight excluding hydrogens is 520 g/mol. The number of aliphatic hydroxyl groups is 3. The third kappa shape index (κ3) is 12.9. The van der Waals surface area contributed by atoms with E-state index in [4.69, 9.17) is 4.74 Å². The summed E-state index contributed by atoms with van der Waals surface area (Å²) < 4.78 is 4.96. The number of amides is 1. The van der Waals surface area contributed by atoms with E-state index in [1.807, 2.05) is 42.5 Å². The minimum absolute atomic E-state index is 0.0416. The molecule has 4 N–H and O–H groups in total. The molecule has 1 aromatic carbocycles. The van der Waals surface area contributed by atoms with Crippen molar-refractivity contribution in [3.63, 3.8) is 0 Å². The van der Waals surface area contributed by atoms with Gasteiger partial charge in [0.1, 0.15) is 6.04 Å². The Balaban J connectivity index is 1.62. The van der Waals surface area contributed by atoms with Gasteiger partial charge in [0.05, 0.1) is 31.5 Å². The maximum atomic E-state index is 12.1. The zero-order chi connectivity index (χ0) is 29.3. The SMILES string of the molecule is CC(NC(=O)CCCC=CC[C@@H]1[C@@H](CC[C@@H](O)CCc2ccccc2)[C@H](O)C[C@@H]1O)C(=O)OCCCO[N+](=O)[O-]. The molecule has 1 aliphatic rings. The third-order valence-electron chi connectivity index (χ3n) is 7.27. The van der Waals surface area contributed by atoms with Gasteiger partial charge in [0.25, 0.3) is 5.09 Å². The van der Waals surface area contributed by atoms with E-state index in [1.54, 1.807) is 0 Å². The monoisotopic (exact) mass is 564 g/mol. The zero-order valence-electron chi connectivity index (χ0n) is 23.2. The van der Waals surface area contributed by atoms with E-state index in [1.165, 1.54) is 12.5 Å². The van der Waals surface area contributed by atoms with Crippen molar-refractivity contribution in [3.05, 3.63) is 58.2 Å². The molecule has 0 aliphatic heterocycles. The third-order valence-corrected chi connectivity index (χ3v) is 7.27. The first kappa shape index (κ1) is 33.2. The summed E-state index contributed by atoms with van der Waals surface area (Å²) >= 11 is 0. The molecule has 1 fully saturated rings. The summed E-state index contributed by atoms with van der Waals surface area (Å²) in [5.74, 6) is -1.05. The van der Waals surface area contributed by atoms with Crippen LogP contribution in [0.2, 0.25) is 0 Å². The second-order valence-electron chi connectivity index (χ2n) is 10.4. The number of nitrogens with one attached hydrogen (secondary N) is 1. The van der Waals surface area contributed by atoms with Crippen molar-refractivity contribution in [2.75, 3.05) is 13.2 Å². The van der Waals surface area contributed by atoms with Crippen molar-refractivity contribution in [1.29, 1.82) is 0 Å². The van der Waals surface area contributed by atoms with E-state index in [2.05, 4.69) is 10.2 Å². The molecule has 6 atom stereocenters. The summed E-state index contributed by atoms with van der Waals surface area (Å²) in [6.07, 6.45) is 7.61. The highest BCUT2D eigenvalue weighted by Crippen LogP contribution is 2.38. The molecule has 1 aliphatic carbocycles. The van der Waals surface area contributed by atoms with Crippen molar-refractivity contribution >= 4 is 11.9 Å².